The number of nitrogens with two attached hydrogens (primary N) is 1. The van der Waals surface area contributed by atoms with Gasteiger partial charge in [-0.3, -0.25) is 0 Å². The fraction of sp³-hybridized carbons (Fsp3) is 0.333. The van der Waals surface area contributed by atoms with Gasteiger partial charge < -0.3 is 10.3 Å². The fourth-order valence-corrected chi connectivity index (χ4v) is 2.07. The van der Waals surface area contributed by atoms with Crippen molar-refractivity contribution < 1.29 is 17.7 Å². The molecule has 2 N–H and O–H groups in total. The molecule has 1 atom stereocenters. The maximum Gasteiger partial charge on any atom is 0.415 e. The zero-order valence-corrected chi connectivity index (χ0v) is 11.3. The standard InChI is InChI=1S/C12H12F3N3OS/c1-11(16,12(13,14)15)10-17-9(18-19-10)7-20-8-5-3-2-4-6-8/h2-6H,7,16H2,1H3. The minimum atomic E-state index is -4.65. The van der Waals surface area contributed by atoms with Crippen LogP contribution in [-0.2, 0) is 11.3 Å². The van der Waals surface area contributed by atoms with Gasteiger partial charge in [0.1, 0.15) is 0 Å². The number of halogens is 3. The van der Waals surface area contributed by atoms with Gasteiger partial charge in [-0.2, -0.15) is 18.2 Å². The van der Waals surface area contributed by atoms with Gasteiger partial charge in [-0.1, -0.05) is 23.4 Å². The summed E-state index contributed by atoms with van der Waals surface area (Å²) >= 11 is 1.40. The molecule has 4 nitrogen and oxygen atoms in total. The molecule has 0 saturated carbocycles. The molecule has 0 aliphatic carbocycles. The Morgan fingerprint density at radius 1 is 1.25 bits per heavy atom. The summed E-state index contributed by atoms with van der Waals surface area (Å²) in [6, 6.07) is 9.37. The Labute approximate surface area is 117 Å². The van der Waals surface area contributed by atoms with E-state index in [1.54, 1.807) is 0 Å². The Hall–Kier alpha value is -1.54. The summed E-state index contributed by atoms with van der Waals surface area (Å²) in [6.45, 7) is 0.800. The Bertz CT molecular complexity index is 569. The molecule has 0 radical (unpaired) electrons. The topological polar surface area (TPSA) is 64.9 Å². The van der Waals surface area contributed by atoms with Crippen molar-refractivity contribution in [2.75, 3.05) is 0 Å². The van der Waals surface area contributed by atoms with Crippen molar-refractivity contribution in [1.29, 1.82) is 0 Å². The third kappa shape index (κ3) is 3.13. The van der Waals surface area contributed by atoms with Crippen molar-refractivity contribution >= 4 is 11.8 Å². The second-order valence-electron chi connectivity index (χ2n) is 4.32. The minimum Gasteiger partial charge on any atom is -0.337 e. The number of rotatable bonds is 4. The quantitative estimate of drug-likeness (QED) is 0.879. The largest absolute Gasteiger partial charge is 0.415 e. The van der Waals surface area contributed by atoms with Crippen molar-refractivity contribution in [3.05, 3.63) is 42.0 Å². The van der Waals surface area contributed by atoms with Crippen LogP contribution in [0, 0.1) is 0 Å². The van der Waals surface area contributed by atoms with Gasteiger partial charge in [-0.05, 0) is 19.1 Å². The van der Waals surface area contributed by atoms with E-state index in [1.807, 2.05) is 30.3 Å². The van der Waals surface area contributed by atoms with Crippen molar-refractivity contribution in [3.8, 4) is 0 Å². The number of alkyl halides is 3. The first-order chi connectivity index (χ1) is 9.30. The van der Waals surface area contributed by atoms with Crippen molar-refractivity contribution in [1.82, 2.24) is 10.1 Å². The van der Waals surface area contributed by atoms with Gasteiger partial charge in [0.25, 0.3) is 5.89 Å². The second-order valence-corrected chi connectivity index (χ2v) is 5.37. The van der Waals surface area contributed by atoms with Gasteiger partial charge in [0.2, 0.25) is 0 Å². The van der Waals surface area contributed by atoms with Crippen LogP contribution in [0.15, 0.2) is 39.8 Å². The van der Waals surface area contributed by atoms with Crippen molar-refractivity contribution in [2.24, 2.45) is 5.73 Å². The van der Waals surface area contributed by atoms with Crippen LogP contribution in [0.2, 0.25) is 0 Å². The summed E-state index contributed by atoms with van der Waals surface area (Å²) in [6.07, 6.45) is -4.65. The molecule has 0 bridgehead atoms. The third-order valence-corrected chi connectivity index (χ3v) is 3.62. The average Bonchev–Trinajstić information content (AvgIpc) is 2.85. The predicted octanol–water partition coefficient (Wildman–Crippen LogP) is 3.10. The average molecular weight is 303 g/mol. The molecule has 0 aliphatic rings. The van der Waals surface area contributed by atoms with Crippen LogP contribution in [0.25, 0.3) is 0 Å². The normalized spacial score (nSPS) is 15.1. The molecule has 1 heterocycles. The van der Waals surface area contributed by atoms with E-state index >= 15 is 0 Å². The Morgan fingerprint density at radius 3 is 2.50 bits per heavy atom. The molecule has 2 aromatic rings. The Kier molecular flexibility index (Phi) is 4.05. The highest BCUT2D eigenvalue weighted by Gasteiger charge is 2.53. The van der Waals surface area contributed by atoms with E-state index in [4.69, 9.17) is 5.73 Å². The van der Waals surface area contributed by atoms with Gasteiger partial charge in [-0.15, -0.1) is 11.8 Å². The Balaban J connectivity index is 2.06. The maximum absolute atomic E-state index is 12.7. The second kappa shape index (κ2) is 5.45. The smallest absolute Gasteiger partial charge is 0.337 e. The molecule has 108 valence electrons. The molecule has 0 saturated heterocycles. The molecular formula is C12H12F3N3OS. The van der Waals surface area contributed by atoms with E-state index in [-0.39, 0.29) is 5.82 Å². The summed E-state index contributed by atoms with van der Waals surface area (Å²) in [5, 5.41) is 3.52. The summed E-state index contributed by atoms with van der Waals surface area (Å²) < 4.78 is 42.8. The van der Waals surface area contributed by atoms with Crippen LogP contribution >= 0.6 is 11.8 Å². The summed E-state index contributed by atoms with van der Waals surface area (Å²) in [5.74, 6) is -0.148. The van der Waals surface area contributed by atoms with Crippen LogP contribution in [0.3, 0.4) is 0 Å². The first kappa shape index (κ1) is 14.9. The lowest BCUT2D eigenvalue weighted by molar-refractivity contribution is -0.190. The number of hydrogen-bond acceptors (Lipinski definition) is 5. The van der Waals surface area contributed by atoms with Gasteiger partial charge in [0.15, 0.2) is 11.4 Å². The number of hydrogen-bond donors (Lipinski definition) is 1. The molecule has 0 spiro atoms. The third-order valence-electron chi connectivity index (χ3n) is 2.61. The fourth-order valence-electron chi connectivity index (χ4n) is 1.31. The molecule has 2 rings (SSSR count). The molecule has 0 aliphatic heterocycles. The Morgan fingerprint density at radius 2 is 1.90 bits per heavy atom. The molecule has 1 aromatic carbocycles. The van der Waals surface area contributed by atoms with E-state index in [2.05, 4.69) is 14.7 Å². The molecule has 8 heteroatoms. The zero-order chi connectivity index (χ0) is 14.8. The molecule has 20 heavy (non-hydrogen) atoms. The molecule has 0 amide bonds. The first-order valence-corrected chi connectivity index (χ1v) is 6.66. The van der Waals surface area contributed by atoms with Gasteiger partial charge in [-0.25, -0.2) is 0 Å². The molecule has 0 fully saturated rings. The van der Waals surface area contributed by atoms with Gasteiger partial charge in [0.05, 0.1) is 5.75 Å². The molecular weight excluding hydrogens is 291 g/mol. The number of aromatic nitrogens is 2. The van der Waals surface area contributed by atoms with Crippen LogP contribution in [0.1, 0.15) is 18.6 Å². The van der Waals surface area contributed by atoms with Crippen LogP contribution in [-0.4, -0.2) is 16.3 Å². The van der Waals surface area contributed by atoms with Crippen molar-refractivity contribution in [3.63, 3.8) is 0 Å². The number of benzene rings is 1. The highest BCUT2D eigenvalue weighted by atomic mass is 32.2. The van der Waals surface area contributed by atoms with E-state index < -0.39 is 17.6 Å². The van der Waals surface area contributed by atoms with Crippen LogP contribution in [0.5, 0.6) is 0 Å². The summed E-state index contributed by atoms with van der Waals surface area (Å²) in [7, 11) is 0. The van der Waals surface area contributed by atoms with E-state index in [9.17, 15) is 13.2 Å². The monoisotopic (exact) mass is 303 g/mol. The van der Waals surface area contributed by atoms with E-state index in [0.717, 1.165) is 11.8 Å². The van der Waals surface area contributed by atoms with Gasteiger partial charge >= 0.3 is 6.18 Å². The lowest BCUT2D eigenvalue weighted by Crippen LogP contribution is -2.48. The zero-order valence-electron chi connectivity index (χ0n) is 10.5. The number of nitrogens with zero attached hydrogens (tertiary/aromatic N) is 2. The highest BCUT2D eigenvalue weighted by Crippen LogP contribution is 2.35. The highest BCUT2D eigenvalue weighted by molar-refractivity contribution is 7.98. The maximum atomic E-state index is 12.7. The predicted molar refractivity (Wildman–Crippen MR) is 67.9 cm³/mol. The van der Waals surface area contributed by atoms with Crippen molar-refractivity contribution in [2.45, 2.75) is 29.3 Å². The van der Waals surface area contributed by atoms with Gasteiger partial charge in [0, 0.05) is 4.90 Å². The van der Waals surface area contributed by atoms with E-state index in [0.29, 0.717) is 5.75 Å². The molecule has 1 unspecified atom stereocenters. The lowest BCUT2D eigenvalue weighted by atomic mass is 10.0. The van der Waals surface area contributed by atoms with E-state index in [1.165, 1.54) is 11.8 Å². The lowest BCUT2D eigenvalue weighted by Gasteiger charge is -2.22. The number of thioether (sulfide) groups is 1. The van der Waals surface area contributed by atoms with Crippen LogP contribution in [0.4, 0.5) is 13.2 Å². The summed E-state index contributed by atoms with van der Waals surface area (Å²) in [4.78, 5) is 4.68. The summed E-state index contributed by atoms with van der Waals surface area (Å²) in [5.41, 5.74) is 2.56. The first-order valence-electron chi connectivity index (χ1n) is 5.67. The molecule has 1 aromatic heterocycles. The minimum absolute atomic E-state index is 0.176. The SMILES string of the molecule is CC(N)(c1nc(CSc2ccccc2)no1)C(F)(F)F. The van der Waals surface area contributed by atoms with Crippen LogP contribution < -0.4 is 5.73 Å².